The van der Waals surface area contributed by atoms with Crippen molar-refractivity contribution in [1.29, 1.82) is 0 Å². The molecule has 1 aromatic rings. The van der Waals surface area contributed by atoms with E-state index < -0.39 is 0 Å². The summed E-state index contributed by atoms with van der Waals surface area (Å²) in [5.74, 6) is 0.128. The molecule has 0 fully saturated rings. The molecule has 0 saturated carbocycles. The molecule has 1 rings (SSSR count). The van der Waals surface area contributed by atoms with E-state index in [2.05, 4.69) is 15.9 Å². The highest BCUT2D eigenvalue weighted by Crippen LogP contribution is 2.30. The molecule has 0 amide bonds. The van der Waals surface area contributed by atoms with E-state index in [0.29, 0.717) is 15.8 Å². The highest BCUT2D eigenvalue weighted by Gasteiger charge is 2.14. The molecule has 1 atom stereocenters. The third-order valence-electron chi connectivity index (χ3n) is 1.73. The molecule has 14 heavy (non-hydrogen) atoms. The Morgan fingerprint density at radius 1 is 1.50 bits per heavy atom. The smallest absolute Gasteiger partial charge is 0.132 e. The van der Waals surface area contributed by atoms with Gasteiger partial charge >= 0.3 is 0 Å². The molecule has 0 aliphatic rings. The van der Waals surface area contributed by atoms with Gasteiger partial charge in [0.2, 0.25) is 0 Å². The normalized spacial score (nSPS) is 11.8. The SMILES string of the molecule is COc1cc(Br)cc(F)c1[C@H](C)N.Cl. The number of ether oxygens (including phenoxy) is 1. The fourth-order valence-electron chi connectivity index (χ4n) is 1.17. The second-order valence-corrected chi connectivity index (χ2v) is 3.71. The van der Waals surface area contributed by atoms with Crippen molar-refractivity contribution in [2.45, 2.75) is 13.0 Å². The van der Waals surface area contributed by atoms with Crippen molar-refractivity contribution < 1.29 is 9.13 Å². The first-order chi connectivity index (χ1) is 6.06. The van der Waals surface area contributed by atoms with Gasteiger partial charge in [-0.05, 0) is 19.1 Å². The summed E-state index contributed by atoms with van der Waals surface area (Å²) in [6.07, 6.45) is 0. The van der Waals surface area contributed by atoms with Crippen LogP contribution >= 0.6 is 28.3 Å². The lowest BCUT2D eigenvalue weighted by atomic mass is 10.1. The monoisotopic (exact) mass is 283 g/mol. The van der Waals surface area contributed by atoms with Crippen LogP contribution in [0.1, 0.15) is 18.5 Å². The van der Waals surface area contributed by atoms with Crippen LogP contribution in [0.25, 0.3) is 0 Å². The van der Waals surface area contributed by atoms with Crippen LogP contribution in [0.4, 0.5) is 4.39 Å². The lowest BCUT2D eigenvalue weighted by Crippen LogP contribution is -2.09. The Kier molecular flexibility index (Phi) is 5.41. The Balaban J connectivity index is 0.00000169. The van der Waals surface area contributed by atoms with Gasteiger partial charge in [-0.1, -0.05) is 15.9 Å². The molecule has 0 unspecified atom stereocenters. The Hall–Kier alpha value is -0.320. The first-order valence-corrected chi connectivity index (χ1v) is 4.64. The zero-order chi connectivity index (χ0) is 10.0. The third kappa shape index (κ3) is 2.83. The van der Waals surface area contributed by atoms with E-state index in [1.54, 1.807) is 13.0 Å². The van der Waals surface area contributed by atoms with Crippen molar-refractivity contribution in [1.82, 2.24) is 0 Å². The number of nitrogens with two attached hydrogens (primary N) is 1. The maximum atomic E-state index is 13.4. The van der Waals surface area contributed by atoms with Crippen LogP contribution in [0.3, 0.4) is 0 Å². The zero-order valence-electron chi connectivity index (χ0n) is 7.88. The van der Waals surface area contributed by atoms with E-state index in [1.807, 2.05) is 0 Å². The van der Waals surface area contributed by atoms with Gasteiger partial charge in [0.25, 0.3) is 0 Å². The standard InChI is InChI=1S/C9H11BrFNO.ClH/c1-5(12)9-7(11)3-6(10)4-8(9)13-2;/h3-5H,12H2,1-2H3;1H/t5-;/m0./s1. The molecular weight excluding hydrogens is 272 g/mol. The lowest BCUT2D eigenvalue weighted by Gasteiger charge is -2.12. The van der Waals surface area contributed by atoms with Crippen molar-refractivity contribution in [3.05, 3.63) is 28.0 Å². The van der Waals surface area contributed by atoms with Crippen LogP contribution in [0.5, 0.6) is 5.75 Å². The van der Waals surface area contributed by atoms with Gasteiger partial charge in [-0.3, -0.25) is 0 Å². The summed E-state index contributed by atoms with van der Waals surface area (Å²) in [6.45, 7) is 1.72. The highest BCUT2D eigenvalue weighted by atomic mass is 79.9. The summed E-state index contributed by atoms with van der Waals surface area (Å²) in [6, 6.07) is 2.70. The van der Waals surface area contributed by atoms with Crippen LogP contribution < -0.4 is 10.5 Å². The van der Waals surface area contributed by atoms with Gasteiger partial charge in [-0.25, -0.2) is 4.39 Å². The van der Waals surface area contributed by atoms with Gasteiger partial charge in [0.15, 0.2) is 0 Å². The van der Waals surface area contributed by atoms with E-state index in [0.717, 1.165) is 0 Å². The Bertz CT molecular complexity index is 320. The fourth-order valence-corrected chi connectivity index (χ4v) is 1.58. The van der Waals surface area contributed by atoms with Gasteiger partial charge in [0.1, 0.15) is 11.6 Å². The molecule has 2 nitrogen and oxygen atoms in total. The quantitative estimate of drug-likeness (QED) is 0.906. The molecule has 0 spiro atoms. The van der Waals surface area contributed by atoms with Gasteiger partial charge in [0, 0.05) is 16.1 Å². The molecule has 0 saturated heterocycles. The number of halogens is 3. The first-order valence-electron chi connectivity index (χ1n) is 3.84. The van der Waals surface area contributed by atoms with Crippen molar-refractivity contribution in [3.8, 4) is 5.75 Å². The number of rotatable bonds is 2. The summed E-state index contributed by atoms with van der Waals surface area (Å²) in [7, 11) is 1.49. The first kappa shape index (κ1) is 13.7. The third-order valence-corrected chi connectivity index (χ3v) is 2.19. The van der Waals surface area contributed by atoms with E-state index >= 15 is 0 Å². The summed E-state index contributed by atoms with van der Waals surface area (Å²) in [5.41, 5.74) is 6.01. The molecule has 0 aromatic heterocycles. The maximum absolute atomic E-state index is 13.4. The molecule has 0 bridgehead atoms. The summed E-state index contributed by atoms with van der Waals surface area (Å²) in [5, 5.41) is 0. The van der Waals surface area contributed by atoms with E-state index in [4.69, 9.17) is 10.5 Å². The largest absolute Gasteiger partial charge is 0.496 e. The fraction of sp³-hybridized carbons (Fsp3) is 0.333. The van der Waals surface area contributed by atoms with Crippen molar-refractivity contribution in [2.24, 2.45) is 5.73 Å². The second kappa shape index (κ2) is 5.53. The van der Waals surface area contributed by atoms with Crippen LogP contribution in [0.2, 0.25) is 0 Å². The topological polar surface area (TPSA) is 35.2 Å². The average molecular weight is 285 g/mol. The molecule has 5 heteroatoms. The second-order valence-electron chi connectivity index (χ2n) is 2.79. The lowest BCUT2D eigenvalue weighted by molar-refractivity contribution is 0.400. The number of methoxy groups -OCH3 is 1. The molecular formula is C9H12BrClFNO. The Labute approximate surface area is 97.2 Å². The molecule has 0 heterocycles. The molecule has 0 aliphatic heterocycles. The molecule has 2 N–H and O–H groups in total. The number of benzene rings is 1. The van der Waals surface area contributed by atoms with Gasteiger partial charge < -0.3 is 10.5 Å². The number of hydrogen-bond acceptors (Lipinski definition) is 2. The van der Waals surface area contributed by atoms with Crippen LogP contribution in [0.15, 0.2) is 16.6 Å². The van der Waals surface area contributed by atoms with E-state index in [9.17, 15) is 4.39 Å². The van der Waals surface area contributed by atoms with Crippen molar-refractivity contribution in [2.75, 3.05) is 7.11 Å². The van der Waals surface area contributed by atoms with Gasteiger partial charge in [0.05, 0.1) is 7.11 Å². The minimum absolute atomic E-state index is 0. The Morgan fingerprint density at radius 3 is 2.50 bits per heavy atom. The zero-order valence-corrected chi connectivity index (χ0v) is 10.3. The van der Waals surface area contributed by atoms with Gasteiger partial charge in [-0.15, -0.1) is 12.4 Å². The minimum atomic E-state index is -0.372. The molecule has 0 aliphatic carbocycles. The van der Waals surface area contributed by atoms with Crippen LogP contribution in [-0.2, 0) is 0 Å². The Morgan fingerprint density at radius 2 is 2.07 bits per heavy atom. The van der Waals surface area contributed by atoms with Crippen molar-refractivity contribution >= 4 is 28.3 Å². The summed E-state index contributed by atoms with van der Waals surface area (Å²) < 4.78 is 19.0. The predicted molar refractivity (Wildman–Crippen MR) is 60.5 cm³/mol. The van der Waals surface area contributed by atoms with Gasteiger partial charge in [-0.2, -0.15) is 0 Å². The number of hydrogen-bond donors (Lipinski definition) is 1. The molecule has 0 radical (unpaired) electrons. The van der Waals surface area contributed by atoms with Crippen LogP contribution in [0, 0.1) is 5.82 Å². The van der Waals surface area contributed by atoms with Crippen molar-refractivity contribution in [3.63, 3.8) is 0 Å². The average Bonchev–Trinajstić information content (AvgIpc) is 2.01. The van der Waals surface area contributed by atoms with E-state index in [-0.39, 0.29) is 24.3 Å². The summed E-state index contributed by atoms with van der Waals surface area (Å²) >= 11 is 3.18. The molecule has 1 aromatic carbocycles. The molecule has 80 valence electrons. The predicted octanol–water partition coefficient (Wildman–Crippen LogP) is 3.04. The maximum Gasteiger partial charge on any atom is 0.132 e. The highest BCUT2D eigenvalue weighted by molar-refractivity contribution is 9.10. The minimum Gasteiger partial charge on any atom is -0.496 e. The van der Waals surface area contributed by atoms with E-state index in [1.165, 1.54) is 13.2 Å². The summed E-state index contributed by atoms with van der Waals surface area (Å²) in [4.78, 5) is 0. The van der Waals surface area contributed by atoms with Crippen LogP contribution in [-0.4, -0.2) is 7.11 Å².